The summed E-state index contributed by atoms with van der Waals surface area (Å²) in [4.78, 5) is 22.5. The maximum Gasteiger partial charge on any atom is 0.255 e. The first-order chi connectivity index (χ1) is 10.7. The molecule has 2 aromatic rings. The van der Waals surface area contributed by atoms with E-state index < -0.39 is 0 Å². The molecule has 0 aliphatic carbocycles. The fourth-order valence-corrected chi connectivity index (χ4v) is 2.12. The summed E-state index contributed by atoms with van der Waals surface area (Å²) in [6.45, 7) is 2.82. The summed E-state index contributed by atoms with van der Waals surface area (Å²) in [6, 6.07) is 5.33. The Morgan fingerprint density at radius 2 is 1.77 bits per heavy atom. The maximum absolute atomic E-state index is 12.8. The number of anilines is 2. The highest BCUT2D eigenvalue weighted by Gasteiger charge is 2.14. The average molecular weight is 302 g/mol. The Hall–Kier alpha value is -2.54. The highest BCUT2D eigenvalue weighted by atomic mass is 19.1. The van der Waals surface area contributed by atoms with Crippen LogP contribution in [-0.2, 0) is 4.74 Å². The number of carbonyl (C=O) groups excluding carboxylic acids is 1. The van der Waals surface area contributed by atoms with Crippen LogP contribution in [0.2, 0.25) is 0 Å². The molecule has 1 saturated heterocycles. The first-order valence-electron chi connectivity index (χ1n) is 6.94. The Kier molecular flexibility index (Phi) is 4.24. The summed E-state index contributed by atoms with van der Waals surface area (Å²) in [7, 11) is 0. The van der Waals surface area contributed by atoms with Crippen LogP contribution in [0.1, 0.15) is 10.4 Å². The lowest BCUT2D eigenvalue weighted by molar-refractivity contribution is 0.102. The summed E-state index contributed by atoms with van der Waals surface area (Å²) >= 11 is 0. The molecule has 22 heavy (non-hydrogen) atoms. The Morgan fingerprint density at radius 1 is 1.14 bits per heavy atom. The van der Waals surface area contributed by atoms with Gasteiger partial charge in [-0.2, -0.15) is 0 Å². The van der Waals surface area contributed by atoms with Crippen molar-refractivity contribution >= 4 is 17.5 Å². The third-order valence-electron chi connectivity index (χ3n) is 3.30. The molecule has 3 rings (SSSR count). The molecule has 1 aromatic heterocycles. The lowest BCUT2D eigenvalue weighted by Gasteiger charge is -2.26. The zero-order valence-electron chi connectivity index (χ0n) is 11.8. The second-order valence-electron chi connectivity index (χ2n) is 4.83. The monoisotopic (exact) mass is 302 g/mol. The van der Waals surface area contributed by atoms with Gasteiger partial charge in [0, 0.05) is 18.7 Å². The fraction of sp³-hybridized carbons (Fsp3) is 0.267. The van der Waals surface area contributed by atoms with Crippen molar-refractivity contribution in [2.75, 3.05) is 36.5 Å². The van der Waals surface area contributed by atoms with E-state index in [2.05, 4.69) is 15.3 Å². The molecule has 1 N–H and O–H groups in total. The van der Waals surface area contributed by atoms with Crippen molar-refractivity contribution < 1.29 is 13.9 Å². The van der Waals surface area contributed by atoms with Crippen LogP contribution in [0.5, 0.6) is 0 Å². The number of amides is 1. The number of carbonyl (C=O) groups is 1. The molecule has 7 heteroatoms. The van der Waals surface area contributed by atoms with Crippen molar-refractivity contribution in [1.29, 1.82) is 0 Å². The minimum Gasteiger partial charge on any atom is -0.378 e. The van der Waals surface area contributed by atoms with Gasteiger partial charge in [0.05, 0.1) is 31.3 Å². The number of benzene rings is 1. The van der Waals surface area contributed by atoms with Crippen LogP contribution in [0, 0.1) is 5.82 Å². The lowest BCUT2D eigenvalue weighted by atomic mass is 10.2. The number of ether oxygens (including phenoxy) is 1. The Labute approximate surface area is 126 Å². The van der Waals surface area contributed by atoms with Gasteiger partial charge in [-0.25, -0.2) is 14.4 Å². The molecule has 1 amide bonds. The standard InChI is InChI=1S/C15H15FN4O2/c16-12-3-1-11(2-4-12)14(21)19-13-9-17-15(18-10-13)20-5-7-22-8-6-20/h1-4,9-10H,5-8H2,(H,19,21). The van der Waals surface area contributed by atoms with E-state index in [9.17, 15) is 9.18 Å². The number of morpholine rings is 1. The van der Waals surface area contributed by atoms with Crippen molar-refractivity contribution in [3.8, 4) is 0 Å². The van der Waals surface area contributed by atoms with Gasteiger partial charge in [-0.1, -0.05) is 0 Å². The van der Waals surface area contributed by atoms with E-state index in [1.807, 2.05) is 4.90 Å². The summed E-state index contributed by atoms with van der Waals surface area (Å²) in [5.74, 6) is -0.0967. The van der Waals surface area contributed by atoms with E-state index in [1.165, 1.54) is 24.3 Å². The topological polar surface area (TPSA) is 67.4 Å². The molecular formula is C15H15FN4O2. The highest BCUT2D eigenvalue weighted by Crippen LogP contribution is 2.13. The third-order valence-corrected chi connectivity index (χ3v) is 3.30. The molecule has 2 heterocycles. The molecule has 1 aliphatic heterocycles. The minimum atomic E-state index is -0.380. The van der Waals surface area contributed by atoms with E-state index in [0.717, 1.165) is 13.1 Å². The first kappa shape index (κ1) is 14.4. The minimum absolute atomic E-state index is 0.331. The largest absolute Gasteiger partial charge is 0.378 e. The van der Waals surface area contributed by atoms with Crippen LogP contribution in [0.3, 0.4) is 0 Å². The Balaban J connectivity index is 1.65. The molecule has 1 aromatic carbocycles. The van der Waals surface area contributed by atoms with Crippen LogP contribution in [0.15, 0.2) is 36.7 Å². The van der Waals surface area contributed by atoms with Crippen LogP contribution in [0.25, 0.3) is 0 Å². The van der Waals surface area contributed by atoms with Crippen LogP contribution >= 0.6 is 0 Å². The van der Waals surface area contributed by atoms with Crippen LogP contribution in [0.4, 0.5) is 16.0 Å². The molecule has 0 atom stereocenters. The quantitative estimate of drug-likeness (QED) is 0.935. The van der Waals surface area contributed by atoms with Gasteiger partial charge in [0.15, 0.2) is 0 Å². The van der Waals surface area contributed by atoms with E-state index in [-0.39, 0.29) is 11.7 Å². The van der Waals surface area contributed by atoms with Gasteiger partial charge in [-0.15, -0.1) is 0 Å². The molecule has 6 nitrogen and oxygen atoms in total. The number of rotatable bonds is 3. The number of halogens is 1. The average Bonchev–Trinajstić information content (AvgIpc) is 2.57. The second kappa shape index (κ2) is 6.48. The van der Waals surface area contributed by atoms with Crippen LogP contribution < -0.4 is 10.2 Å². The summed E-state index contributed by atoms with van der Waals surface area (Å²) in [6.07, 6.45) is 3.11. The first-order valence-corrected chi connectivity index (χ1v) is 6.94. The molecule has 0 bridgehead atoms. The van der Waals surface area contributed by atoms with Crippen molar-refractivity contribution in [3.05, 3.63) is 48.0 Å². The van der Waals surface area contributed by atoms with E-state index in [4.69, 9.17) is 4.74 Å². The number of aromatic nitrogens is 2. The molecule has 114 valence electrons. The maximum atomic E-state index is 12.8. The fourth-order valence-electron chi connectivity index (χ4n) is 2.12. The Morgan fingerprint density at radius 3 is 2.41 bits per heavy atom. The van der Waals surface area contributed by atoms with Gasteiger partial charge in [0.1, 0.15) is 5.82 Å². The Bertz CT molecular complexity index is 640. The van der Waals surface area contributed by atoms with Crippen molar-refractivity contribution in [1.82, 2.24) is 9.97 Å². The third kappa shape index (κ3) is 3.37. The van der Waals surface area contributed by atoms with E-state index in [0.29, 0.717) is 30.4 Å². The smallest absolute Gasteiger partial charge is 0.255 e. The van der Waals surface area contributed by atoms with Gasteiger partial charge in [-0.05, 0) is 24.3 Å². The predicted molar refractivity (Wildman–Crippen MR) is 79.4 cm³/mol. The summed E-state index contributed by atoms with van der Waals surface area (Å²) in [5, 5.41) is 2.68. The highest BCUT2D eigenvalue weighted by molar-refractivity contribution is 6.04. The normalized spacial score (nSPS) is 14.7. The molecule has 0 saturated carbocycles. The molecule has 1 fully saturated rings. The SMILES string of the molecule is O=C(Nc1cnc(N2CCOCC2)nc1)c1ccc(F)cc1. The van der Waals surface area contributed by atoms with Crippen molar-refractivity contribution in [2.24, 2.45) is 0 Å². The van der Waals surface area contributed by atoms with Crippen molar-refractivity contribution in [2.45, 2.75) is 0 Å². The molecule has 0 spiro atoms. The molecular weight excluding hydrogens is 287 g/mol. The number of hydrogen-bond donors (Lipinski definition) is 1. The summed E-state index contributed by atoms with van der Waals surface area (Å²) < 4.78 is 18.1. The molecule has 0 unspecified atom stereocenters. The van der Waals surface area contributed by atoms with Gasteiger partial charge >= 0.3 is 0 Å². The van der Waals surface area contributed by atoms with E-state index >= 15 is 0 Å². The van der Waals surface area contributed by atoms with Crippen molar-refractivity contribution in [3.63, 3.8) is 0 Å². The predicted octanol–water partition coefficient (Wildman–Crippen LogP) is 1.70. The van der Waals surface area contributed by atoms with Gasteiger partial charge in [0.25, 0.3) is 5.91 Å². The second-order valence-corrected chi connectivity index (χ2v) is 4.83. The zero-order valence-corrected chi connectivity index (χ0v) is 11.8. The molecule has 1 aliphatic rings. The number of nitrogens with zero attached hydrogens (tertiary/aromatic N) is 3. The van der Waals surface area contributed by atoms with Gasteiger partial charge in [-0.3, -0.25) is 4.79 Å². The van der Waals surface area contributed by atoms with E-state index in [1.54, 1.807) is 12.4 Å². The zero-order chi connectivity index (χ0) is 15.4. The number of nitrogens with one attached hydrogen (secondary N) is 1. The van der Waals surface area contributed by atoms with Gasteiger partial charge < -0.3 is 15.0 Å². The lowest BCUT2D eigenvalue weighted by Crippen LogP contribution is -2.37. The number of hydrogen-bond acceptors (Lipinski definition) is 5. The van der Waals surface area contributed by atoms with Crippen LogP contribution in [-0.4, -0.2) is 42.2 Å². The molecule has 0 radical (unpaired) electrons. The van der Waals surface area contributed by atoms with Gasteiger partial charge in [0.2, 0.25) is 5.95 Å². The summed E-state index contributed by atoms with van der Waals surface area (Å²) in [5.41, 5.74) is 0.866.